The maximum Gasteiger partial charge on any atom is 0.122 e. The van der Waals surface area contributed by atoms with Crippen molar-refractivity contribution in [1.29, 1.82) is 0 Å². The number of methoxy groups -OCH3 is 2. The minimum absolute atomic E-state index is 0.0398. The van der Waals surface area contributed by atoms with Gasteiger partial charge in [-0.05, 0) is 38.1 Å². The van der Waals surface area contributed by atoms with Gasteiger partial charge in [-0.15, -0.1) is 11.3 Å². The first-order valence-corrected chi connectivity index (χ1v) is 7.81. The molecule has 0 amide bonds. The van der Waals surface area contributed by atoms with Gasteiger partial charge in [0, 0.05) is 10.9 Å². The molecule has 0 saturated carbocycles. The lowest BCUT2D eigenvalue weighted by Gasteiger charge is -2.16. The van der Waals surface area contributed by atoms with Gasteiger partial charge in [0.1, 0.15) is 16.5 Å². The van der Waals surface area contributed by atoms with Gasteiger partial charge in [0.2, 0.25) is 0 Å². The van der Waals surface area contributed by atoms with Gasteiger partial charge >= 0.3 is 0 Å². The fourth-order valence-corrected chi connectivity index (χ4v) is 3.48. The average molecular weight is 306 g/mol. The molecule has 2 rings (SSSR count). The Morgan fingerprint density at radius 2 is 1.81 bits per heavy atom. The van der Waals surface area contributed by atoms with E-state index in [0.29, 0.717) is 0 Å². The summed E-state index contributed by atoms with van der Waals surface area (Å²) in [6.45, 7) is 4.26. The Bertz CT molecular complexity index is 588. The standard InChI is InChI=1S/C16H22N2O2S/c1-6-14-10(2)21-16(18-14)15(17-3)11-7-12(19-4)9-13(8-11)20-5/h7-9,15,17H,6H2,1-5H3. The minimum Gasteiger partial charge on any atom is -0.497 e. The van der Waals surface area contributed by atoms with E-state index in [1.807, 2.05) is 25.2 Å². The van der Waals surface area contributed by atoms with Crippen molar-refractivity contribution in [1.82, 2.24) is 10.3 Å². The van der Waals surface area contributed by atoms with E-state index < -0.39 is 0 Å². The van der Waals surface area contributed by atoms with E-state index in [1.165, 1.54) is 10.6 Å². The number of benzene rings is 1. The molecular formula is C16H22N2O2S. The fourth-order valence-electron chi connectivity index (χ4n) is 2.33. The van der Waals surface area contributed by atoms with Gasteiger partial charge < -0.3 is 14.8 Å². The van der Waals surface area contributed by atoms with Crippen LogP contribution in [0.1, 0.15) is 34.1 Å². The number of hydrogen-bond acceptors (Lipinski definition) is 5. The second-order valence-corrected chi connectivity index (χ2v) is 6.01. The summed E-state index contributed by atoms with van der Waals surface area (Å²) in [5.41, 5.74) is 2.26. The highest BCUT2D eigenvalue weighted by Gasteiger charge is 2.19. The molecule has 0 fully saturated rings. The summed E-state index contributed by atoms with van der Waals surface area (Å²) >= 11 is 1.74. The highest BCUT2D eigenvalue weighted by atomic mass is 32.1. The maximum atomic E-state index is 5.35. The van der Waals surface area contributed by atoms with Gasteiger partial charge in [0.05, 0.1) is 26.0 Å². The van der Waals surface area contributed by atoms with Crippen LogP contribution in [0.3, 0.4) is 0 Å². The molecule has 1 aromatic carbocycles. The van der Waals surface area contributed by atoms with Crippen LogP contribution in [-0.4, -0.2) is 26.3 Å². The average Bonchev–Trinajstić information content (AvgIpc) is 2.88. The largest absolute Gasteiger partial charge is 0.497 e. The molecule has 0 aliphatic heterocycles. The van der Waals surface area contributed by atoms with E-state index in [4.69, 9.17) is 14.5 Å². The van der Waals surface area contributed by atoms with Crippen LogP contribution in [-0.2, 0) is 6.42 Å². The summed E-state index contributed by atoms with van der Waals surface area (Å²) in [5.74, 6) is 1.57. The van der Waals surface area contributed by atoms with Crippen molar-refractivity contribution < 1.29 is 9.47 Å². The Hall–Kier alpha value is -1.59. The summed E-state index contributed by atoms with van der Waals surface area (Å²) in [6, 6.07) is 5.96. The molecule has 1 aromatic heterocycles. The van der Waals surface area contributed by atoms with Gasteiger partial charge in [-0.25, -0.2) is 4.98 Å². The van der Waals surface area contributed by atoms with Crippen LogP contribution in [0.25, 0.3) is 0 Å². The number of nitrogens with zero attached hydrogens (tertiary/aromatic N) is 1. The predicted octanol–water partition coefficient (Wildman–Crippen LogP) is 3.34. The Balaban J connectivity index is 2.44. The van der Waals surface area contributed by atoms with Crippen LogP contribution in [0.15, 0.2) is 18.2 Å². The van der Waals surface area contributed by atoms with Gasteiger partial charge in [-0.1, -0.05) is 6.92 Å². The van der Waals surface area contributed by atoms with Crippen LogP contribution in [0, 0.1) is 6.92 Å². The van der Waals surface area contributed by atoms with Crippen molar-refractivity contribution in [3.8, 4) is 11.5 Å². The van der Waals surface area contributed by atoms with Gasteiger partial charge in [-0.3, -0.25) is 0 Å². The van der Waals surface area contributed by atoms with Crippen molar-refractivity contribution in [3.63, 3.8) is 0 Å². The van der Waals surface area contributed by atoms with Crippen LogP contribution in [0.4, 0.5) is 0 Å². The van der Waals surface area contributed by atoms with E-state index in [0.717, 1.165) is 28.5 Å². The van der Waals surface area contributed by atoms with Crippen LogP contribution < -0.4 is 14.8 Å². The lowest BCUT2D eigenvalue weighted by Crippen LogP contribution is -2.17. The molecule has 114 valence electrons. The molecule has 2 aromatic rings. The van der Waals surface area contributed by atoms with Crippen molar-refractivity contribution in [2.45, 2.75) is 26.3 Å². The second kappa shape index (κ2) is 6.91. The summed E-state index contributed by atoms with van der Waals surface area (Å²) < 4.78 is 10.7. The van der Waals surface area contributed by atoms with Crippen molar-refractivity contribution in [2.24, 2.45) is 0 Å². The normalized spacial score (nSPS) is 12.2. The molecule has 0 spiro atoms. The van der Waals surface area contributed by atoms with Crippen LogP contribution in [0.2, 0.25) is 0 Å². The fraction of sp³-hybridized carbons (Fsp3) is 0.438. The predicted molar refractivity (Wildman–Crippen MR) is 86.7 cm³/mol. The van der Waals surface area contributed by atoms with Gasteiger partial charge in [0.15, 0.2) is 0 Å². The number of aromatic nitrogens is 1. The number of aryl methyl sites for hydroxylation is 2. The summed E-state index contributed by atoms with van der Waals surface area (Å²) in [5, 5.41) is 4.41. The molecular weight excluding hydrogens is 284 g/mol. The first-order valence-electron chi connectivity index (χ1n) is 6.99. The molecule has 1 unspecified atom stereocenters. The summed E-state index contributed by atoms with van der Waals surface area (Å²) in [4.78, 5) is 6.04. The molecule has 0 saturated heterocycles. The zero-order chi connectivity index (χ0) is 15.4. The molecule has 21 heavy (non-hydrogen) atoms. The lowest BCUT2D eigenvalue weighted by molar-refractivity contribution is 0.392. The lowest BCUT2D eigenvalue weighted by atomic mass is 10.1. The highest BCUT2D eigenvalue weighted by molar-refractivity contribution is 7.11. The highest BCUT2D eigenvalue weighted by Crippen LogP contribution is 2.32. The summed E-state index contributed by atoms with van der Waals surface area (Å²) in [6.07, 6.45) is 0.959. The van der Waals surface area contributed by atoms with Gasteiger partial charge in [-0.2, -0.15) is 0 Å². The Labute approximate surface area is 130 Å². The molecule has 0 radical (unpaired) electrons. The first kappa shape index (κ1) is 15.8. The van der Waals surface area contributed by atoms with E-state index in [-0.39, 0.29) is 6.04 Å². The maximum absolute atomic E-state index is 5.35. The second-order valence-electron chi connectivity index (χ2n) is 4.78. The number of thiazole rings is 1. The van der Waals surface area contributed by atoms with E-state index in [9.17, 15) is 0 Å². The third kappa shape index (κ3) is 3.36. The number of rotatable bonds is 6. The zero-order valence-corrected chi connectivity index (χ0v) is 14.0. The monoisotopic (exact) mass is 306 g/mol. The smallest absolute Gasteiger partial charge is 0.122 e. The van der Waals surface area contributed by atoms with E-state index in [2.05, 4.69) is 19.2 Å². The van der Waals surface area contributed by atoms with E-state index >= 15 is 0 Å². The number of nitrogens with one attached hydrogen (secondary N) is 1. The van der Waals surface area contributed by atoms with Crippen LogP contribution in [0.5, 0.6) is 11.5 Å². The molecule has 5 heteroatoms. The van der Waals surface area contributed by atoms with Crippen LogP contribution >= 0.6 is 11.3 Å². The minimum atomic E-state index is 0.0398. The number of ether oxygens (including phenoxy) is 2. The molecule has 1 N–H and O–H groups in total. The van der Waals surface area contributed by atoms with Crippen molar-refractivity contribution in [2.75, 3.05) is 21.3 Å². The SMILES string of the molecule is CCc1nc(C(NC)c2cc(OC)cc(OC)c2)sc1C. The molecule has 4 nitrogen and oxygen atoms in total. The Morgan fingerprint density at radius 1 is 1.19 bits per heavy atom. The third-order valence-electron chi connectivity index (χ3n) is 3.49. The van der Waals surface area contributed by atoms with E-state index in [1.54, 1.807) is 25.6 Å². The van der Waals surface area contributed by atoms with Gasteiger partial charge in [0.25, 0.3) is 0 Å². The topological polar surface area (TPSA) is 43.4 Å². The third-order valence-corrected chi connectivity index (χ3v) is 4.56. The quantitative estimate of drug-likeness (QED) is 0.889. The molecule has 0 aliphatic carbocycles. The molecule has 0 bridgehead atoms. The molecule has 1 heterocycles. The van der Waals surface area contributed by atoms with Crippen molar-refractivity contribution >= 4 is 11.3 Å². The molecule has 0 aliphatic rings. The molecule has 1 atom stereocenters. The first-order chi connectivity index (χ1) is 10.1. The van der Waals surface area contributed by atoms with Crippen molar-refractivity contribution in [3.05, 3.63) is 39.3 Å². The Kier molecular flexibility index (Phi) is 5.20. The number of hydrogen-bond donors (Lipinski definition) is 1. The Morgan fingerprint density at radius 3 is 2.24 bits per heavy atom. The summed E-state index contributed by atoms with van der Waals surface area (Å²) in [7, 11) is 5.27. The zero-order valence-electron chi connectivity index (χ0n) is 13.2.